The average molecular weight is 496 g/mol. The SMILES string of the molecule is CC(C)CC(C(=O)Nc1nnc(SCc2ccc(C#N)cc2)s1)N1C(=O)C2CC=CCC2C1=O. The Morgan fingerprint density at radius 2 is 1.82 bits per heavy atom. The predicted molar refractivity (Wildman–Crippen MR) is 130 cm³/mol. The third kappa shape index (κ3) is 5.21. The van der Waals surface area contributed by atoms with E-state index in [9.17, 15) is 14.4 Å². The average Bonchev–Trinajstić information content (AvgIpc) is 3.38. The molecule has 1 N–H and O–H groups in total. The van der Waals surface area contributed by atoms with Crippen LogP contribution in [0, 0.1) is 29.1 Å². The molecule has 2 heterocycles. The lowest BCUT2D eigenvalue weighted by molar-refractivity contribution is -0.147. The molecule has 0 radical (unpaired) electrons. The normalized spacial score (nSPS) is 20.4. The van der Waals surface area contributed by atoms with Gasteiger partial charge in [-0.2, -0.15) is 5.26 Å². The molecule has 3 amide bonds. The lowest BCUT2D eigenvalue weighted by Gasteiger charge is -2.26. The van der Waals surface area contributed by atoms with E-state index >= 15 is 0 Å². The number of nitriles is 1. The summed E-state index contributed by atoms with van der Waals surface area (Å²) in [6.45, 7) is 3.92. The Labute approximate surface area is 206 Å². The molecule has 34 heavy (non-hydrogen) atoms. The molecule has 8 nitrogen and oxygen atoms in total. The van der Waals surface area contributed by atoms with E-state index in [1.54, 1.807) is 12.1 Å². The molecule has 3 atom stereocenters. The van der Waals surface area contributed by atoms with Crippen molar-refractivity contribution in [2.45, 2.75) is 49.2 Å². The highest BCUT2D eigenvalue weighted by Crippen LogP contribution is 2.37. The highest BCUT2D eigenvalue weighted by Gasteiger charge is 2.51. The number of hydrogen-bond acceptors (Lipinski definition) is 8. The Hall–Kier alpha value is -3.03. The minimum atomic E-state index is -0.871. The number of amides is 3. The van der Waals surface area contributed by atoms with Crippen LogP contribution in [0.4, 0.5) is 5.13 Å². The van der Waals surface area contributed by atoms with Gasteiger partial charge in [0.05, 0.1) is 23.5 Å². The lowest BCUT2D eigenvalue weighted by atomic mass is 9.85. The van der Waals surface area contributed by atoms with Crippen molar-refractivity contribution in [1.82, 2.24) is 15.1 Å². The van der Waals surface area contributed by atoms with Crippen LogP contribution >= 0.6 is 23.1 Å². The molecule has 10 heteroatoms. The van der Waals surface area contributed by atoms with Gasteiger partial charge in [0, 0.05) is 5.75 Å². The number of imide groups is 1. The highest BCUT2D eigenvalue weighted by atomic mass is 32.2. The number of aromatic nitrogens is 2. The number of nitrogens with zero attached hydrogens (tertiary/aromatic N) is 4. The number of carbonyl (C=O) groups is 3. The second-order valence-electron chi connectivity index (χ2n) is 8.81. The molecule has 1 aromatic carbocycles. The zero-order valence-electron chi connectivity index (χ0n) is 18.9. The summed E-state index contributed by atoms with van der Waals surface area (Å²) in [6, 6.07) is 8.54. The van der Waals surface area contributed by atoms with E-state index in [4.69, 9.17) is 5.26 Å². The molecule has 0 spiro atoms. The molecule has 4 rings (SSSR count). The number of benzene rings is 1. The second kappa shape index (κ2) is 10.5. The summed E-state index contributed by atoms with van der Waals surface area (Å²) >= 11 is 2.73. The van der Waals surface area contributed by atoms with E-state index in [1.807, 2.05) is 38.1 Å². The fraction of sp³-hybridized carbons (Fsp3) is 0.417. The summed E-state index contributed by atoms with van der Waals surface area (Å²) in [5, 5.41) is 20.2. The third-order valence-electron chi connectivity index (χ3n) is 5.93. The summed E-state index contributed by atoms with van der Waals surface area (Å²) in [6.07, 6.45) is 5.34. The number of nitrogens with one attached hydrogen (secondary N) is 1. The fourth-order valence-electron chi connectivity index (χ4n) is 4.24. The van der Waals surface area contributed by atoms with E-state index in [1.165, 1.54) is 28.0 Å². The van der Waals surface area contributed by atoms with Crippen LogP contribution in [0.5, 0.6) is 0 Å². The standard InChI is InChI=1S/C24H25N5O3S2/c1-14(2)11-19(29-21(31)17-5-3-4-6-18(17)22(29)32)20(30)26-23-27-28-24(34-23)33-13-16-9-7-15(12-25)8-10-16/h3-4,7-10,14,17-19H,5-6,11,13H2,1-2H3,(H,26,27,30). The molecule has 1 aliphatic carbocycles. The molecule has 0 bridgehead atoms. The van der Waals surface area contributed by atoms with Crippen LogP contribution in [0.3, 0.4) is 0 Å². The van der Waals surface area contributed by atoms with Crippen molar-refractivity contribution < 1.29 is 14.4 Å². The van der Waals surface area contributed by atoms with Crippen LogP contribution in [0.15, 0.2) is 40.8 Å². The van der Waals surface area contributed by atoms with Crippen molar-refractivity contribution in [2.75, 3.05) is 5.32 Å². The number of allylic oxidation sites excluding steroid dienone is 2. The van der Waals surface area contributed by atoms with E-state index in [2.05, 4.69) is 21.6 Å². The van der Waals surface area contributed by atoms with Gasteiger partial charge in [0.1, 0.15) is 6.04 Å². The molecule has 2 aliphatic rings. The highest BCUT2D eigenvalue weighted by molar-refractivity contribution is 8.00. The van der Waals surface area contributed by atoms with Crippen LogP contribution in [-0.4, -0.2) is 38.9 Å². The number of likely N-dealkylation sites (tertiary alicyclic amines) is 1. The molecular formula is C24H25N5O3S2. The fourth-order valence-corrected chi connectivity index (χ4v) is 5.95. The smallest absolute Gasteiger partial charge is 0.249 e. The predicted octanol–water partition coefficient (Wildman–Crippen LogP) is 4.01. The molecule has 3 unspecified atom stereocenters. The van der Waals surface area contributed by atoms with Gasteiger partial charge < -0.3 is 0 Å². The molecular weight excluding hydrogens is 470 g/mol. The summed E-state index contributed by atoms with van der Waals surface area (Å²) in [5.74, 6) is -0.893. The van der Waals surface area contributed by atoms with Gasteiger partial charge in [-0.05, 0) is 42.9 Å². The molecule has 0 saturated carbocycles. The van der Waals surface area contributed by atoms with E-state index in [-0.39, 0.29) is 29.6 Å². The van der Waals surface area contributed by atoms with Crippen molar-refractivity contribution in [3.8, 4) is 6.07 Å². The first kappa shape index (κ1) is 24.1. The van der Waals surface area contributed by atoms with Crippen LogP contribution in [-0.2, 0) is 20.1 Å². The quantitative estimate of drug-likeness (QED) is 0.255. The number of hydrogen-bond donors (Lipinski definition) is 1. The van der Waals surface area contributed by atoms with Gasteiger partial charge >= 0.3 is 0 Å². The third-order valence-corrected chi connectivity index (χ3v) is 7.98. The number of anilines is 1. The zero-order chi connectivity index (χ0) is 24.2. The van der Waals surface area contributed by atoms with Crippen molar-refractivity contribution >= 4 is 46.0 Å². The van der Waals surface area contributed by atoms with Crippen molar-refractivity contribution in [2.24, 2.45) is 17.8 Å². The molecule has 176 valence electrons. The minimum Gasteiger partial charge on any atom is -0.299 e. The summed E-state index contributed by atoms with van der Waals surface area (Å²) in [4.78, 5) is 40.5. The monoisotopic (exact) mass is 495 g/mol. The lowest BCUT2D eigenvalue weighted by Crippen LogP contribution is -2.48. The Morgan fingerprint density at radius 3 is 2.41 bits per heavy atom. The number of rotatable bonds is 8. The number of thioether (sulfide) groups is 1. The van der Waals surface area contributed by atoms with E-state index < -0.39 is 11.9 Å². The summed E-state index contributed by atoms with van der Waals surface area (Å²) in [7, 11) is 0. The van der Waals surface area contributed by atoms with Crippen molar-refractivity contribution in [3.63, 3.8) is 0 Å². The van der Waals surface area contributed by atoms with Gasteiger partial charge in [-0.1, -0.05) is 61.2 Å². The van der Waals surface area contributed by atoms with Gasteiger partial charge in [-0.3, -0.25) is 24.6 Å². The van der Waals surface area contributed by atoms with E-state index in [0.717, 1.165) is 5.56 Å². The van der Waals surface area contributed by atoms with Crippen LogP contribution in [0.1, 0.15) is 44.2 Å². The van der Waals surface area contributed by atoms with Gasteiger partial charge in [-0.15, -0.1) is 10.2 Å². The van der Waals surface area contributed by atoms with Crippen molar-refractivity contribution in [3.05, 3.63) is 47.5 Å². The summed E-state index contributed by atoms with van der Waals surface area (Å²) in [5.41, 5.74) is 1.65. The van der Waals surface area contributed by atoms with Crippen LogP contribution in [0.2, 0.25) is 0 Å². The molecule has 1 aliphatic heterocycles. The molecule has 1 saturated heterocycles. The van der Waals surface area contributed by atoms with Gasteiger partial charge in [-0.25, -0.2) is 0 Å². The minimum absolute atomic E-state index is 0.116. The van der Waals surface area contributed by atoms with Crippen molar-refractivity contribution in [1.29, 1.82) is 5.26 Å². The summed E-state index contributed by atoms with van der Waals surface area (Å²) < 4.78 is 0.686. The maximum atomic E-state index is 13.2. The first-order valence-corrected chi connectivity index (χ1v) is 13.0. The first-order chi connectivity index (χ1) is 16.4. The second-order valence-corrected chi connectivity index (χ2v) is 11.0. The number of fused-ring (bicyclic) bond motifs is 1. The Bertz CT molecular complexity index is 1130. The largest absolute Gasteiger partial charge is 0.299 e. The molecule has 1 aromatic heterocycles. The molecule has 2 aromatic rings. The van der Waals surface area contributed by atoms with E-state index in [0.29, 0.717) is 40.0 Å². The Morgan fingerprint density at radius 1 is 1.18 bits per heavy atom. The van der Waals surface area contributed by atoms with Crippen LogP contribution < -0.4 is 5.32 Å². The Kier molecular flexibility index (Phi) is 7.44. The van der Waals surface area contributed by atoms with Gasteiger partial charge in [0.2, 0.25) is 22.9 Å². The maximum absolute atomic E-state index is 13.2. The van der Waals surface area contributed by atoms with Gasteiger partial charge in [0.15, 0.2) is 4.34 Å². The molecule has 1 fully saturated rings. The van der Waals surface area contributed by atoms with Crippen LogP contribution in [0.25, 0.3) is 0 Å². The number of carbonyl (C=O) groups excluding carboxylic acids is 3. The zero-order valence-corrected chi connectivity index (χ0v) is 20.6. The topological polar surface area (TPSA) is 116 Å². The van der Waals surface area contributed by atoms with Gasteiger partial charge in [0.25, 0.3) is 0 Å². The first-order valence-electron chi connectivity index (χ1n) is 11.2. The maximum Gasteiger partial charge on any atom is 0.249 e. The Balaban J connectivity index is 1.42.